The van der Waals surface area contributed by atoms with Crippen LogP contribution in [0.15, 0.2) is 41.3 Å². The van der Waals surface area contributed by atoms with Gasteiger partial charge in [0.05, 0.1) is 11.4 Å². The summed E-state index contributed by atoms with van der Waals surface area (Å²) in [5.41, 5.74) is 3.46. The van der Waals surface area contributed by atoms with Crippen LogP contribution < -0.4 is 5.32 Å². The lowest BCUT2D eigenvalue weighted by Crippen LogP contribution is -2.35. The number of sulfonamides is 1. The molecule has 1 N–H and O–H groups in total. The number of rotatable bonds is 5. The van der Waals surface area contributed by atoms with E-state index in [1.54, 1.807) is 19.1 Å². The molecule has 2 aromatic carbocycles. The molecule has 0 bridgehead atoms. The van der Waals surface area contributed by atoms with Crippen LogP contribution in [0.3, 0.4) is 0 Å². The number of amides is 1. The molecule has 0 heterocycles. The molecule has 0 saturated heterocycles. The lowest BCUT2D eigenvalue weighted by atomic mass is 10.1. The lowest BCUT2D eigenvalue weighted by molar-refractivity contribution is -0.116. The number of halogens is 1. The van der Waals surface area contributed by atoms with Gasteiger partial charge >= 0.3 is 0 Å². The van der Waals surface area contributed by atoms with Crippen molar-refractivity contribution < 1.29 is 13.2 Å². The Morgan fingerprint density at radius 2 is 1.80 bits per heavy atom. The zero-order valence-electron chi connectivity index (χ0n) is 14.6. The van der Waals surface area contributed by atoms with E-state index in [1.807, 2.05) is 26.0 Å². The summed E-state index contributed by atoms with van der Waals surface area (Å²) in [4.78, 5) is 12.3. The summed E-state index contributed by atoms with van der Waals surface area (Å²) >= 11 is 6.01. The highest BCUT2D eigenvalue weighted by Crippen LogP contribution is 2.22. The number of likely N-dealkylation sites (N-methyl/N-ethyl adjacent to an activating group) is 1. The van der Waals surface area contributed by atoms with Crippen LogP contribution in [-0.2, 0) is 14.8 Å². The van der Waals surface area contributed by atoms with Crippen molar-refractivity contribution in [2.24, 2.45) is 0 Å². The maximum atomic E-state index is 12.6. The van der Waals surface area contributed by atoms with Crippen molar-refractivity contribution in [3.05, 3.63) is 58.1 Å². The second-order valence-corrected chi connectivity index (χ2v) is 8.42. The Balaban J connectivity index is 2.14. The minimum absolute atomic E-state index is 0.0603. The average Bonchev–Trinajstić information content (AvgIpc) is 2.54. The molecular weight excluding hydrogens is 360 g/mol. The van der Waals surface area contributed by atoms with E-state index in [9.17, 15) is 13.2 Å². The third-order valence-corrected chi connectivity index (χ3v) is 6.30. The summed E-state index contributed by atoms with van der Waals surface area (Å²) < 4.78 is 26.2. The van der Waals surface area contributed by atoms with Gasteiger partial charge in [0.1, 0.15) is 0 Å². The van der Waals surface area contributed by atoms with Crippen LogP contribution in [0, 0.1) is 20.8 Å². The van der Waals surface area contributed by atoms with Gasteiger partial charge in [0.2, 0.25) is 15.9 Å². The number of nitrogens with zero attached hydrogens (tertiary/aromatic N) is 1. The lowest BCUT2D eigenvalue weighted by Gasteiger charge is -2.18. The Hall–Kier alpha value is -1.89. The first kappa shape index (κ1) is 19.4. The maximum Gasteiger partial charge on any atom is 0.243 e. The zero-order chi connectivity index (χ0) is 18.8. The molecule has 5 nitrogen and oxygen atoms in total. The van der Waals surface area contributed by atoms with E-state index >= 15 is 0 Å². The fourth-order valence-electron chi connectivity index (χ4n) is 2.28. The fourth-order valence-corrected chi connectivity index (χ4v) is 3.68. The topological polar surface area (TPSA) is 66.5 Å². The maximum absolute atomic E-state index is 12.6. The van der Waals surface area contributed by atoms with Crippen LogP contribution in [0.2, 0.25) is 5.02 Å². The predicted molar refractivity (Wildman–Crippen MR) is 101 cm³/mol. The molecule has 0 saturated carbocycles. The van der Waals surface area contributed by atoms with Crippen LogP contribution in [-0.4, -0.2) is 32.2 Å². The fraction of sp³-hybridized carbons (Fsp3) is 0.278. The van der Waals surface area contributed by atoms with Gasteiger partial charge in [-0.05, 0) is 55.7 Å². The molecule has 7 heteroatoms. The number of benzene rings is 2. The van der Waals surface area contributed by atoms with E-state index in [0.29, 0.717) is 10.7 Å². The molecule has 0 unspecified atom stereocenters. The van der Waals surface area contributed by atoms with Gasteiger partial charge in [-0.15, -0.1) is 0 Å². The molecule has 0 atom stereocenters. The van der Waals surface area contributed by atoms with E-state index in [4.69, 9.17) is 11.6 Å². The van der Waals surface area contributed by atoms with Crippen LogP contribution in [0.5, 0.6) is 0 Å². The summed E-state index contributed by atoms with van der Waals surface area (Å²) in [5.74, 6) is -0.405. The molecule has 25 heavy (non-hydrogen) atoms. The van der Waals surface area contributed by atoms with Gasteiger partial charge in [-0.2, -0.15) is 4.31 Å². The van der Waals surface area contributed by atoms with Crippen molar-refractivity contribution >= 4 is 33.2 Å². The minimum Gasteiger partial charge on any atom is -0.325 e. The highest BCUT2D eigenvalue weighted by Gasteiger charge is 2.23. The van der Waals surface area contributed by atoms with Crippen LogP contribution in [0.1, 0.15) is 16.7 Å². The molecule has 0 radical (unpaired) electrons. The Bertz CT molecular complexity index is 911. The van der Waals surface area contributed by atoms with Gasteiger partial charge in [-0.1, -0.05) is 29.8 Å². The molecule has 0 aliphatic heterocycles. The number of hydrogen-bond acceptors (Lipinski definition) is 3. The predicted octanol–water partition coefficient (Wildman–Crippen LogP) is 3.52. The largest absolute Gasteiger partial charge is 0.325 e. The van der Waals surface area contributed by atoms with Gasteiger partial charge in [-0.3, -0.25) is 4.79 Å². The molecule has 1 amide bonds. The van der Waals surface area contributed by atoms with Gasteiger partial charge < -0.3 is 5.32 Å². The van der Waals surface area contributed by atoms with Gasteiger partial charge in [-0.25, -0.2) is 8.42 Å². The number of hydrogen-bond donors (Lipinski definition) is 1. The Morgan fingerprint density at radius 3 is 2.44 bits per heavy atom. The van der Waals surface area contributed by atoms with Crippen LogP contribution in [0.25, 0.3) is 0 Å². The first-order chi connectivity index (χ1) is 11.6. The van der Waals surface area contributed by atoms with Gasteiger partial charge in [0.25, 0.3) is 0 Å². The van der Waals surface area contributed by atoms with Crippen molar-refractivity contribution in [2.75, 3.05) is 18.9 Å². The van der Waals surface area contributed by atoms with Crippen molar-refractivity contribution in [2.45, 2.75) is 25.7 Å². The van der Waals surface area contributed by atoms with E-state index in [0.717, 1.165) is 21.0 Å². The molecule has 134 valence electrons. The van der Waals surface area contributed by atoms with E-state index < -0.39 is 15.9 Å². The second-order valence-electron chi connectivity index (χ2n) is 5.97. The molecule has 2 aromatic rings. The molecular formula is C18H21ClN2O3S. The van der Waals surface area contributed by atoms with Crippen molar-refractivity contribution in [1.29, 1.82) is 0 Å². The minimum atomic E-state index is -3.80. The van der Waals surface area contributed by atoms with Gasteiger partial charge in [0.15, 0.2) is 0 Å². The Kier molecular flexibility index (Phi) is 5.87. The summed E-state index contributed by atoms with van der Waals surface area (Å²) in [6, 6.07) is 10.1. The van der Waals surface area contributed by atoms with Crippen molar-refractivity contribution in [3.8, 4) is 0 Å². The average molecular weight is 381 g/mol. The zero-order valence-corrected chi connectivity index (χ0v) is 16.2. The summed E-state index contributed by atoms with van der Waals surface area (Å²) in [6.45, 7) is 5.35. The van der Waals surface area contributed by atoms with E-state index in [2.05, 4.69) is 5.32 Å². The van der Waals surface area contributed by atoms with Crippen LogP contribution >= 0.6 is 11.6 Å². The SMILES string of the molecule is Cc1ccc(S(=O)(=O)N(C)CC(=O)Nc2cccc(C)c2C)cc1Cl. The molecule has 0 aliphatic rings. The quantitative estimate of drug-likeness (QED) is 0.862. The third kappa shape index (κ3) is 4.39. The molecule has 0 aromatic heterocycles. The summed E-state index contributed by atoms with van der Waals surface area (Å²) in [6.07, 6.45) is 0. The number of aryl methyl sites for hydroxylation is 2. The van der Waals surface area contributed by atoms with Crippen molar-refractivity contribution in [1.82, 2.24) is 4.31 Å². The normalized spacial score (nSPS) is 11.6. The first-order valence-corrected chi connectivity index (χ1v) is 9.53. The number of carbonyl (C=O) groups is 1. The number of nitrogens with one attached hydrogen (secondary N) is 1. The number of anilines is 1. The van der Waals surface area contributed by atoms with Crippen molar-refractivity contribution in [3.63, 3.8) is 0 Å². The third-order valence-electron chi connectivity index (χ3n) is 4.10. The standard InChI is InChI=1S/C18H21ClN2O3S/c1-12-6-5-7-17(14(12)3)20-18(22)11-21(4)25(23,24)15-9-8-13(2)16(19)10-15/h5-10H,11H2,1-4H3,(H,20,22). The monoisotopic (exact) mass is 380 g/mol. The van der Waals surface area contributed by atoms with Gasteiger partial charge in [0, 0.05) is 17.8 Å². The first-order valence-electron chi connectivity index (χ1n) is 7.71. The smallest absolute Gasteiger partial charge is 0.243 e. The molecule has 2 rings (SSSR count). The Labute approximate surface area is 153 Å². The molecule has 0 spiro atoms. The Morgan fingerprint density at radius 1 is 1.12 bits per heavy atom. The van der Waals surface area contributed by atoms with Crippen LogP contribution in [0.4, 0.5) is 5.69 Å². The second kappa shape index (κ2) is 7.56. The summed E-state index contributed by atoms with van der Waals surface area (Å²) in [7, 11) is -2.43. The molecule has 0 aliphatic carbocycles. The molecule has 0 fully saturated rings. The summed E-state index contributed by atoms with van der Waals surface area (Å²) in [5, 5.41) is 3.12. The van der Waals surface area contributed by atoms with E-state index in [-0.39, 0.29) is 11.4 Å². The van der Waals surface area contributed by atoms with E-state index in [1.165, 1.54) is 19.2 Å². The number of carbonyl (C=O) groups excluding carboxylic acids is 1. The highest BCUT2D eigenvalue weighted by molar-refractivity contribution is 7.89. The highest BCUT2D eigenvalue weighted by atomic mass is 35.5.